The molecule has 0 radical (unpaired) electrons. The van der Waals surface area contributed by atoms with Crippen molar-refractivity contribution in [1.29, 1.82) is 0 Å². The maximum absolute atomic E-state index is 2.66. The van der Waals surface area contributed by atoms with E-state index in [1.807, 2.05) is 0 Å². The second-order valence-corrected chi connectivity index (χ2v) is 3.10. The third kappa shape index (κ3) is 4.25. The van der Waals surface area contributed by atoms with Crippen LogP contribution in [0.25, 0.3) is 0 Å². The molecular weight excluding hydrogens is 253 g/mol. The Morgan fingerprint density at radius 2 is 1.83 bits per heavy atom. The van der Waals surface area contributed by atoms with E-state index < -0.39 is 0 Å². The van der Waals surface area contributed by atoms with Crippen LogP contribution < -0.4 is 37.2 Å². The molecular formula is C8H11Cl3V. The summed E-state index contributed by atoms with van der Waals surface area (Å²) in [5.41, 5.74) is 3.04. The molecule has 0 nitrogen and oxygen atoms in total. The zero-order chi connectivity index (χ0) is 6.85. The minimum atomic E-state index is 0. The van der Waals surface area contributed by atoms with E-state index in [1.54, 1.807) is 5.57 Å². The van der Waals surface area contributed by atoms with Gasteiger partial charge in [-0.1, -0.05) is 0 Å². The Bertz CT molecular complexity index is 185. The average molecular weight is 264 g/mol. The Labute approximate surface area is 102 Å². The molecule has 12 heavy (non-hydrogen) atoms. The molecule has 0 fully saturated rings. The second kappa shape index (κ2) is 8.53. The van der Waals surface area contributed by atoms with E-state index in [0.717, 1.165) is 0 Å². The van der Waals surface area contributed by atoms with E-state index in [2.05, 4.69) is 37.3 Å². The summed E-state index contributed by atoms with van der Waals surface area (Å²) in [5.74, 6) is 0. The van der Waals surface area contributed by atoms with E-state index in [9.17, 15) is 0 Å². The first-order chi connectivity index (χ1) is 4.25. The molecule has 1 aliphatic rings. The first-order valence-electron chi connectivity index (χ1n) is 3.33. The van der Waals surface area contributed by atoms with Gasteiger partial charge in [0.1, 0.15) is 0 Å². The molecule has 0 amide bonds. The van der Waals surface area contributed by atoms with Crippen LogP contribution in [0.1, 0.15) is 26.7 Å². The normalized spacial score (nSPS) is 14.2. The van der Waals surface area contributed by atoms with Crippen molar-refractivity contribution in [3.63, 3.8) is 0 Å². The summed E-state index contributed by atoms with van der Waals surface area (Å²) < 4.78 is 1.46. The van der Waals surface area contributed by atoms with Crippen LogP contribution in [0, 0.1) is 0 Å². The monoisotopic (exact) mass is 263 g/mol. The largest absolute Gasteiger partial charge is 1.00 e. The third-order valence-electron chi connectivity index (χ3n) is 1.79. The van der Waals surface area contributed by atoms with Gasteiger partial charge in [0.15, 0.2) is 0 Å². The summed E-state index contributed by atoms with van der Waals surface area (Å²) in [6.07, 6.45) is 4.69. The van der Waals surface area contributed by atoms with E-state index >= 15 is 0 Å². The molecule has 0 atom stereocenters. The molecule has 69 valence electrons. The van der Waals surface area contributed by atoms with Crippen LogP contribution in [0.2, 0.25) is 0 Å². The number of hydrogen-bond acceptors (Lipinski definition) is 0. The number of hydrogen-bond donors (Lipinski definition) is 0. The summed E-state index contributed by atoms with van der Waals surface area (Å²) >= 11 is 2.66. The van der Waals surface area contributed by atoms with Gasteiger partial charge >= 0.3 is 65.6 Å². The zero-order valence-electron chi connectivity index (χ0n) is 7.07. The molecule has 1 rings (SSSR count). The fourth-order valence-corrected chi connectivity index (χ4v) is 1.59. The maximum Gasteiger partial charge on any atom is -1.00 e. The molecule has 0 saturated heterocycles. The SMILES string of the molecule is CCC1=[C]([V+3])C(C)=CC1.[Cl-].[Cl-].[Cl-]. The molecule has 4 heteroatoms. The Kier molecular flexibility index (Phi) is 13.3. The Morgan fingerprint density at radius 1 is 1.33 bits per heavy atom. The van der Waals surface area contributed by atoms with Crippen molar-refractivity contribution in [3.8, 4) is 0 Å². The number of allylic oxidation sites excluding steroid dienone is 4. The van der Waals surface area contributed by atoms with Gasteiger partial charge in [0.05, 0.1) is 0 Å². The van der Waals surface area contributed by atoms with Crippen LogP contribution in [0.5, 0.6) is 0 Å². The van der Waals surface area contributed by atoms with E-state index in [4.69, 9.17) is 0 Å². The molecule has 0 aromatic carbocycles. The Morgan fingerprint density at radius 3 is 2.00 bits per heavy atom. The quantitative estimate of drug-likeness (QED) is 0.442. The summed E-state index contributed by atoms with van der Waals surface area (Å²) in [5, 5.41) is 0. The first kappa shape index (κ1) is 18.7. The standard InChI is InChI=1S/C8H11.3ClH.V/c1-3-8-5-4-7(2)6-8;;;;/h4H,3,5H2,1-2H3;3*1H;/q;;;;+3/p-3. The van der Waals surface area contributed by atoms with Gasteiger partial charge in [-0.25, -0.2) is 0 Å². The summed E-state index contributed by atoms with van der Waals surface area (Å²) in [6.45, 7) is 4.39. The number of halogens is 3. The van der Waals surface area contributed by atoms with Gasteiger partial charge in [0.25, 0.3) is 0 Å². The maximum atomic E-state index is 2.66. The smallest absolute Gasteiger partial charge is 1.00 e. The van der Waals surface area contributed by atoms with Crippen molar-refractivity contribution in [1.82, 2.24) is 0 Å². The van der Waals surface area contributed by atoms with Crippen LogP contribution in [-0.2, 0) is 17.4 Å². The number of rotatable bonds is 1. The van der Waals surface area contributed by atoms with Crippen LogP contribution in [0.4, 0.5) is 0 Å². The van der Waals surface area contributed by atoms with Crippen LogP contribution >= 0.6 is 0 Å². The van der Waals surface area contributed by atoms with Crippen LogP contribution in [-0.4, -0.2) is 0 Å². The van der Waals surface area contributed by atoms with Crippen molar-refractivity contribution in [2.45, 2.75) is 26.7 Å². The van der Waals surface area contributed by atoms with Gasteiger partial charge in [0.2, 0.25) is 0 Å². The molecule has 0 aliphatic heterocycles. The fraction of sp³-hybridized carbons (Fsp3) is 0.500. The minimum absolute atomic E-state index is 0. The summed E-state index contributed by atoms with van der Waals surface area (Å²) in [6, 6.07) is 0. The molecule has 0 aromatic heterocycles. The van der Waals surface area contributed by atoms with Crippen LogP contribution in [0.3, 0.4) is 0 Å². The summed E-state index contributed by atoms with van der Waals surface area (Å²) in [7, 11) is 0. The molecule has 0 saturated carbocycles. The second-order valence-electron chi connectivity index (χ2n) is 2.40. The molecule has 0 bridgehead atoms. The third-order valence-corrected chi connectivity index (χ3v) is 2.83. The van der Waals surface area contributed by atoms with Crippen molar-refractivity contribution < 1.29 is 54.6 Å². The molecule has 1 aliphatic carbocycles. The molecule has 0 unspecified atom stereocenters. The van der Waals surface area contributed by atoms with Gasteiger partial charge < -0.3 is 37.2 Å². The van der Waals surface area contributed by atoms with Gasteiger partial charge in [-0.15, -0.1) is 0 Å². The minimum Gasteiger partial charge on any atom is -1.00 e. The van der Waals surface area contributed by atoms with Gasteiger partial charge in [0, 0.05) is 0 Å². The van der Waals surface area contributed by atoms with Crippen molar-refractivity contribution >= 4 is 0 Å². The zero-order valence-corrected chi connectivity index (χ0v) is 10.7. The van der Waals surface area contributed by atoms with Crippen molar-refractivity contribution in [2.24, 2.45) is 0 Å². The van der Waals surface area contributed by atoms with Crippen molar-refractivity contribution in [3.05, 3.63) is 21.5 Å². The summed E-state index contributed by atoms with van der Waals surface area (Å²) in [4.78, 5) is 0. The average Bonchev–Trinajstić information content (AvgIpc) is 2.15. The van der Waals surface area contributed by atoms with Gasteiger partial charge in [-0.2, -0.15) is 0 Å². The molecule has 0 aromatic rings. The molecule has 0 spiro atoms. The Balaban J connectivity index is -0.000000270. The predicted octanol–water partition coefficient (Wildman–Crippen LogP) is -6.44. The van der Waals surface area contributed by atoms with Gasteiger partial charge in [-0.3, -0.25) is 0 Å². The molecule has 0 heterocycles. The topological polar surface area (TPSA) is 0 Å². The fourth-order valence-electron chi connectivity index (χ4n) is 1.06. The van der Waals surface area contributed by atoms with Crippen LogP contribution in [0.15, 0.2) is 21.5 Å². The Hall–Kier alpha value is 0.934. The van der Waals surface area contributed by atoms with Crippen molar-refractivity contribution in [2.75, 3.05) is 0 Å². The molecule has 0 N–H and O–H groups in total. The predicted molar refractivity (Wildman–Crippen MR) is 35.7 cm³/mol. The van der Waals surface area contributed by atoms with E-state index in [0.29, 0.717) is 0 Å². The van der Waals surface area contributed by atoms with E-state index in [1.165, 1.54) is 22.7 Å². The van der Waals surface area contributed by atoms with E-state index in [-0.39, 0.29) is 37.2 Å². The van der Waals surface area contributed by atoms with Gasteiger partial charge in [-0.05, 0) is 0 Å². The first-order valence-corrected chi connectivity index (χ1v) is 4.03.